The van der Waals surface area contributed by atoms with E-state index in [2.05, 4.69) is 0 Å². The molecule has 100 valence electrons. The molecule has 0 unspecified atom stereocenters. The van der Waals surface area contributed by atoms with Crippen molar-refractivity contribution in [3.8, 4) is 0 Å². The Bertz CT molecular complexity index is 433. The van der Waals surface area contributed by atoms with Gasteiger partial charge in [0.25, 0.3) is 0 Å². The van der Waals surface area contributed by atoms with E-state index in [1.54, 1.807) is 13.0 Å². The second-order valence-electron chi connectivity index (χ2n) is 6.23. The largest absolute Gasteiger partial charge is 0.379 e. The summed E-state index contributed by atoms with van der Waals surface area (Å²) in [5, 5.41) is 0. The summed E-state index contributed by atoms with van der Waals surface area (Å²) in [6.07, 6.45) is 1.92. The van der Waals surface area contributed by atoms with Crippen molar-refractivity contribution in [3.63, 3.8) is 0 Å². The predicted molar refractivity (Wildman–Crippen MR) is 71.1 cm³/mol. The molecule has 0 bridgehead atoms. The molecule has 1 aromatic carbocycles. The number of rotatable bonds is 4. The van der Waals surface area contributed by atoms with Crippen molar-refractivity contribution in [2.24, 2.45) is 5.73 Å². The second kappa shape index (κ2) is 4.63. The number of aryl methyl sites for hydroxylation is 1. The number of ether oxygens (including phenoxy) is 1. The average Bonchev–Trinajstić information content (AvgIpc) is 2.20. The summed E-state index contributed by atoms with van der Waals surface area (Å²) < 4.78 is 18.7. The highest BCUT2D eigenvalue weighted by Crippen LogP contribution is 2.38. The Morgan fingerprint density at radius 3 is 2.50 bits per heavy atom. The average molecular weight is 251 g/mol. The minimum absolute atomic E-state index is 0.0368. The van der Waals surface area contributed by atoms with E-state index in [9.17, 15) is 4.39 Å². The van der Waals surface area contributed by atoms with Crippen molar-refractivity contribution in [1.29, 1.82) is 0 Å². The van der Waals surface area contributed by atoms with Crippen LogP contribution in [0, 0.1) is 12.7 Å². The molecule has 1 aromatic rings. The minimum atomic E-state index is -0.169. The molecule has 1 heterocycles. The first-order chi connectivity index (χ1) is 8.32. The Morgan fingerprint density at radius 1 is 1.39 bits per heavy atom. The first-order valence-electron chi connectivity index (χ1n) is 6.46. The third kappa shape index (κ3) is 2.73. The van der Waals surface area contributed by atoms with Crippen molar-refractivity contribution in [2.75, 3.05) is 13.2 Å². The van der Waals surface area contributed by atoms with Crippen LogP contribution in [-0.2, 0) is 10.2 Å². The molecule has 18 heavy (non-hydrogen) atoms. The van der Waals surface area contributed by atoms with Gasteiger partial charge in [0.15, 0.2) is 0 Å². The highest BCUT2D eigenvalue weighted by Gasteiger charge is 2.40. The van der Waals surface area contributed by atoms with Crippen LogP contribution in [0.15, 0.2) is 18.2 Å². The Kier molecular flexibility index (Phi) is 3.47. The van der Waals surface area contributed by atoms with Gasteiger partial charge in [-0.25, -0.2) is 4.39 Å². The monoisotopic (exact) mass is 251 g/mol. The molecule has 0 amide bonds. The molecular weight excluding hydrogens is 229 g/mol. The summed E-state index contributed by atoms with van der Waals surface area (Å²) in [6.45, 7) is 7.31. The van der Waals surface area contributed by atoms with Crippen LogP contribution < -0.4 is 5.73 Å². The lowest BCUT2D eigenvalue weighted by molar-refractivity contribution is -0.0669. The minimum Gasteiger partial charge on any atom is -0.379 e. The van der Waals surface area contributed by atoms with Crippen LogP contribution in [0.5, 0.6) is 0 Å². The quantitative estimate of drug-likeness (QED) is 0.893. The maximum Gasteiger partial charge on any atom is 0.126 e. The van der Waals surface area contributed by atoms with E-state index in [0.717, 1.165) is 12.8 Å². The molecule has 0 radical (unpaired) electrons. The van der Waals surface area contributed by atoms with Crippen LogP contribution in [0.25, 0.3) is 0 Å². The number of hydrogen-bond acceptors (Lipinski definition) is 2. The van der Waals surface area contributed by atoms with Gasteiger partial charge in [0.2, 0.25) is 0 Å². The highest BCUT2D eigenvalue weighted by atomic mass is 19.1. The molecule has 2 rings (SSSR count). The van der Waals surface area contributed by atoms with Crippen molar-refractivity contribution in [3.05, 3.63) is 35.1 Å². The molecule has 3 heteroatoms. The molecular formula is C15H22FNO. The fourth-order valence-corrected chi connectivity index (χ4v) is 2.34. The summed E-state index contributed by atoms with van der Waals surface area (Å²) in [6, 6.07) is 5.38. The van der Waals surface area contributed by atoms with Crippen LogP contribution in [-0.4, -0.2) is 18.8 Å². The van der Waals surface area contributed by atoms with E-state index in [4.69, 9.17) is 10.5 Å². The Labute approximate surface area is 108 Å². The molecule has 0 aliphatic carbocycles. The smallest absolute Gasteiger partial charge is 0.126 e. The molecule has 1 aliphatic rings. The Morgan fingerprint density at radius 2 is 2.06 bits per heavy atom. The van der Waals surface area contributed by atoms with E-state index in [-0.39, 0.29) is 16.8 Å². The second-order valence-corrected chi connectivity index (χ2v) is 6.23. The molecule has 0 aromatic heterocycles. The molecule has 0 spiro atoms. The number of benzene rings is 1. The number of nitrogens with two attached hydrogens (primary N) is 1. The predicted octanol–water partition coefficient (Wildman–Crippen LogP) is 2.92. The van der Waals surface area contributed by atoms with E-state index in [1.807, 2.05) is 26.0 Å². The van der Waals surface area contributed by atoms with E-state index in [1.165, 1.54) is 5.56 Å². The standard InChI is InChI=1S/C15H22FNO/c1-11-8-12(4-5-13(11)16)15(9-18-10-15)7-6-14(2,3)17/h4-5,8H,6-7,9-10,17H2,1-3H3. The van der Waals surface area contributed by atoms with E-state index < -0.39 is 0 Å². The third-order valence-electron chi connectivity index (χ3n) is 3.77. The molecule has 0 saturated carbocycles. The van der Waals surface area contributed by atoms with Crippen molar-refractivity contribution in [2.45, 2.75) is 44.6 Å². The van der Waals surface area contributed by atoms with Crippen LogP contribution >= 0.6 is 0 Å². The lowest BCUT2D eigenvalue weighted by Gasteiger charge is -2.43. The maximum absolute atomic E-state index is 13.3. The topological polar surface area (TPSA) is 35.2 Å². The molecule has 1 aliphatic heterocycles. The van der Waals surface area contributed by atoms with Crippen molar-refractivity contribution >= 4 is 0 Å². The molecule has 2 nitrogen and oxygen atoms in total. The van der Waals surface area contributed by atoms with Gasteiger partial charge < -0.3 is 10.5 Å². The summed E-state index contributed by atoms with van der Waals surface area (Å²) >= 11 is 0. The fraction of sp³-hybridized carbons (Fsp3) is 0.600. The van der Waals surface area contributed by atoms with Gasteiger partial charge in [-0.15, -0.1) is 0 Å². The molecule has 1 fully saturated rings. The fourth-order valence-electron chi connectivity index (χ4n) is 2.34. The lowest BCUT2D eigenvalue weighted by Crippen LogP contribution is -2.48. The normalized spacial score (nSPS) is 18.5. The van der Waals surface area contributed by atoms with Gasteiger partial charge in [-0.3, -0.25) is 0 Å². The number of halogens is 1. The van der Waals surface area contributed by atoms with Crippen LogP contribution in [0.4, 0.5) is 4.39 Å². The van der Waals surface area contributed by atoms with Gasteiger partial charge in [0, 0.05) is 11.0 Å². The van der Waals surface area contributed by atoms with E-state index >= 15 is 0 Å². The molecule has 2 N–H and O–H groups in total. The van der Waals surface area contributed by atoms with Crippen LogP contribution in [0.1, 0.15) is 37.8 Å². The summed E-state index contributed by atoms with van der Waals surface area (Å²) in [5.41, 5.74) is 7.80. The van der Waals surface area contributed by atoms with Crippen molar-refractivity contribution in [1.82, 2.24) is 0 Å². The van der Waals surface area contributed by atoms with Crippen molar-refractivity contribution < 1.29 is 9.13 Å². The lowest BCUT2D eigenvalue weighted by atomic mass is 9.73. The van der Waals surface area contributed by atoms with E-state index in [0.29, 0.717) is 18.8 Å². The summed E-state index contributed by atoms with van der Waals surface area (Å²) in [7, 11) is 0. The molecule has 0 atom stereocenters. The van der Waals surface area contributed by atoms with Crippen LogP contribution in [0.3, 0.4) is 0 Å². The zero-order valence-electron chi connectivity index (χ0n) is 11.4. The highest BCUT2D eigenvalue weighted by molar-refractivity contribution is 5.32. The first kappa shape index (κ1) is 13.5. The van der Waals surface area contributed by atoms with Gasteiger partial charge in [0.1, 0.15) is 5.82 Å². The molecule has 1 saturated heterocycles. The Balaban J connectivity index is 2.19. The SMILES string of the molecule is Cc1cc(C2(CCC(C)(C)N)COC2)ccc1F. The maximum atomic E-state index is 13.3. The summed E-state index contributed by atoms with van der Waals surface area (Å²) in [5.74, 6) is -0.145. The number of hydrogen-bond donors (Lipinski definition) is 1. The van der Waals surface area contributed by atoms with Gasteiger partial charge in [-0.05, 0) is 50.8 Å². The Hall–Kier alpha value is -0.930. The zero-order valence-corrected chi connectivity index (χ0v) is 11.4. The van der Waals surface area contributed by atoms with Gasteiger partial charge in [-0.1, -0.05) is 12.1 Å². The van der Waals surface area contributed by atoms with Crippen LogP contribution in [0.2, 0.25) is 0 Å². The van der Waals surface area contributed by atoms with Gasteiger partial charge in [-0.2, -0.15) is 0 Å². The first-order valence-corrected chi connectivity index (χ1v) is 6.46. The zero-order chi connectivity index (χ0) is 13.4. The third-order valence-corrected chi connectivity index (χ3v) is 3.77. The van der Waals surface area contributed by atoms with Gasteiger partial charge in [0.05, 0.1) is 13.2 Å². The summed E-state index contributed by atoms with van der Waals surface area (Å²) in [4.78, 5) is 0. The van der Waals surface area contributed by atoms with Gasteiger partial charge >= 0.3 is 0 Å².